The van der Waals surface area contributed by atoms with Gasteiger partial charge in [-0.15, -0.1) is 0 Å². The lowest BCUT2D eigenvalue weighted by atomic mass is 10.3. The number of hydrogen-bond donors (Lipinski definition) is 0. The Hall–Kier alpha value is -0.530. The first-order chi connectivity index (χ1) is 4.75. The Morgan fingerprint density at radius 2 is 2.30 bits per heavy atom. The normalized spacial score (nSPS) is 29.8. The lowest BCUT2D eigenvalue weighted by Gasteiger charge is -1.99. The number of rotatable bonds is 3. The summed E-state index contributed by atoms with van der Waals surface area (Å²) in [4.78, 5) is 11.0. The highest BCUT2D eigenvalue weighted by molar-refractivity contribution is 5.75. The summed E-state index contributed by atoms with van der Waals surface area (Å²) >= 11 is 0. The fourth-order valence-electron chi connectivity index (χ4n) is 0.960. The van der Waals surface area contributed by atoms with Crippen LogP contribution in [0.2, 0.25) is 0 Å². The standard InChI is InChI=1S/C8H14O2/c1-3-4-10-8(9)7-5-6(7)2/h6-7H,3-5H2,1-2H3. The van der Waals surface area contributed by atoms with Crippen LogP contribution in [0, 0.1) is 11.8 Å². The van der Waals surface area contributed by atoms with Crippen molar-refractivity contribution in [1.82, 2.24) is 0 Å². The van der Waals surface area contributed by atoms with Crippen molar-refractivity contribution < 1.29 is 9.53 Å². The summed E-state index contributed by atoms with van der Waals surface area (Å²) in [5.41, 5.74) is 0. The van der Waals surface area contributed by atoms with Gasteiger partial charge in [-0.3, -0.25) is 4.79 Å². The number of ether oxygens (including phenoxy) is 1. The first kappa shape index (κ1) is 7.58. The van der Waals surface area contributed by atoms with Crippen LogP contribution in [0.4, 0.5) is 0 Å². The van der Waals surface area contributed by atoms with E-state index in [-0.39, 0.29) is 11.9 Å². The summed E-state index contributed by atoms with van der Waals surface area (Å²) in [5, 5.41) is 0. The van der Waals surface area contributed by atoms with Gasteiger partial charge in [0, 0.05) is 0 Å². The van der Waals surface area contributed by atoms with Crippen molar-refractivity contribution in [3.63, 3.8) is 0 Å². The number of hydrogen-bond acceptors (Lipinski definition) is 2. The molecule has 0 aliphatic heterocycles. The molecular formula is C8H14O2. The monoisotopic (exact) mass is 142 g/mol. The third-order valence-corrected chi connectivity index (χ3v) is 1.86. The molecule has 2 heteroatoms. The van der Waals surface area contributed by atoms with Gasteiger partial charge in [0.15, 0.2) is 0 Å². The van der Waals surface area contributed by atoms with E-state index in [1.807, 2.05) is 6.92 Å². The molecule has 58 valence electrons. The van der Waals surface area contributed by atoms with Crippen LogP contribution >= 0.6 is 0 Å². The number of esters is 1. The van der Waals surface area contributed by atoms with Crippen LogP contribution in [-0.4, -0.2) is 12.6 Å². The van der Waals surface area contributed by atoms with E-state index in [2.05, 4.69) is 6.92 Å². The summed E-state index contributed by atoms with van der Waals surface area (Å²) < 4.78 is 4.95. The van der Waals surface area contributed by atoms with E-state index in [0.29, 0.717) is 12.5 Å². The van der Waals surface area contributed by atoms with Crippen LogP contribution in [0.5, 0.6) is 0 Å². The van der Waals surface area contributed by atoms with Crippen LogP contribution in [0.25, 0.3) is 0 Å². The Kier molecular flexibility index (Phi) is 2.30. The molecule has 0 aromatic heterocycles. The smallest absolute Gasteiger partial charge is 0.309 e. The molecule has 1 fully saturated rings. The summed E-state index contributed by atoms with van der Waals surface area (Å²) in [6.45, 7) is 4.67. The van der Waals surface area contributed by atoms with E-state index in [0.717, 1.165) is 12.8 Å². The van der Waals surface area contributed by atoms with E-state index < -0.39 is 0 Å². The zero-order valence-corrected chi connectivity index (χ0v) is 6.59. The summed E-state index contributed by atoms with van der Waals surface area (Å²) in [5.74, 6) is 0.810. The SMILES string of the molecule is CCCOC(=O)C1CC1C. The Balaban J connectivity index is 2.11. The Morgan fingerprint density at radius 1 is 1.70 bits per heavy atom. The number of carbonyl (C=O) groups is 1. The predicted octanol–water partition coefficient (Wildman–Crippen LogP) is 1.60. The Bertz CT molecular complexity index is 131. The average Bonchev–Trinajstić information content (AvgIpc) is 2.62. The van der Waals surface area contributed by atoms with Gasteiger partial charge in [-0.2, -0.15) is 0 Å². The van der Waals surface area contributed by atoms with Crippen molar-refractivity contribution in [2.24, 2.45) is 11.8 Å². The minimum Gasteiger partial charge on any atom is -0.465 e. The molecule has 0 aromatic carbocycles. The first-order valence-corrected chi connectivity index (χ1v) is 3.92. The zero-order chi connectivity index (χ0) is 7.56. The molecule has 0 bridgehead atoms. The highest BCUT2D eigenvalue weighted by Crippen LogP contribution is 2.38. The molecule has 1 saturated carbocycles. The maximum Gasteiger partial charge on any atom is 0.309 e. The van der Waals surface area contributed by atoms with E-state index in [9.17, 15) is 4.79 Å². The second-order valence-corrected chi connectivity index (χ2v) is 2.99. The molecule has 0 spiro atoms. The van der Waals surface area contributed by atoms with Gasteiger partial charge in [0.05, 0.1) is 12.5 Å². The maximum atomic E-state index is 11.0. The molecule has 1 aliphatic rings. The third kappa shape index (κ3) is 1.72. The fourth-order valence-corrected chi connectivity index (χ4v) is 0.960. The highest BCUT2D eigenvalue weighted by atomic mass is 16.5. The molecule has 0 heterocycles. The van der Waals surface area contributed by atoms with Crippen LogP contribution in [0.3, 0.4) is 0 Å². The lowest BCUT2D eigenvalue weighted by Crippen LogP contribution is -2.07. The Morgan fingerprint density at radius 3 is 2.70 bits per heavy atom. The minimum absolute atomic E-state index is 0.00866. The molecule has 1 rings (SSSR count). The van der Waals surface area contributed by atoms with Gasteiger partial charge < -0.3 is 4.74 Å². The zero-order valence-electron chi connectivity index (χ0n) is 6.59. The third-order valence-electron chi connectivity index (χ3n) is 1.86. The van der Waals surface area contributed by atoms with E-state index in [1.165, 1.54) is 0 Å². The van der Waals surface area contributed by atoms with Crippen LogP contribution in [-0.2, 0) is 9.53 Å². The molecule has 2 atom stereocenters. The van der Waals surface area contributed by atoms with Crippen molar-refractivity contribution in [2.75, 3.05) is 6.61 Å². The van der Waals surface area contributed by atoms with Gasteiger partial charge in [0.2, 0.25) is 0 Å². The molecule has 10 heavy (non-hydrogen) atoms. The number of carbonyl (C=O) groups excluding carboxylic acids is 1. The minimum atomic E-state index is 0.00866. The molecule has 0 saturated heterocycles. The topological polar surface area (TPSA) is 26.3 Å². The lowest BCUT2D eigenvalue weighted by molar-refractivity contribution is -0.145. The average molecular weight is 142 g/mol. The maximum absolute atomic E-state index is 11.0. The van der Waals surface area contributed by atoms with Crippen molar-refractivity contribution in [3.8, 4) is 0 Å². The summed E-state index contributed by atoms with van der Waals surface area (Å²) in [6.07, 6.45) is 1.95. The van der Waals surface area contributed by atoms with Gasteiger partial charge in [0.1, 0.15) is 0 Å². The van der Waals surface area contributed by atoms with Crippen LogP contribution < -0.4 is 0 Å². The molecule has 0 radical (unpaired) electrons. The molecule has 0 aromatic rings. The quantitative estimate of drug-likeness (QED) is 0.559. The predicted molar refractivity (Wildman–Crippen MR) is 38.5 cm³/mol. The van der Waals surface area contributed by atoms with Gasteiger partial charge >= 0.3 is 5.97 Å². The van der Waals surface area contributed by atoms with Gasteiger partial charge in [0.25, 0.3) is 0 Å². The Labute approximate surface area is 61.6 Å². The van der Waals surface area contributed by atoms with Crippen molar-refractivity contribution >= 4 is 5.97 Å². The molecular weight excluding hydrogens is 128 g/mol. The van der Waals surface area contributed by atoms with E-state index in [1.54, 1.807) is 0 Å². The molecule has 2 nitrogen and oxygen atoms in total. The van der Waals surface area contributed by atoms with Crippen molar-refractivity contribution in [3.05, 3.63) is 0 Å². The molecule has 1 aliphatic carbocycles. The van der Waals surface area contributed by atoms with Gasteiger partial charge in [-0.05, 0) is 18.8 Å². The largest absolute Gasteiger partial charge is 0.465 e. The van der Waals surface area contributed by atoms with E-state index >= 15 is 0 Å². The van der Waals surface area contributed by atoms with Crippen LogP contribution in [0.15, 0.2) is 0 Å². The van der Waals surface area contributed by atoms with Gasteiger partial charge in [-0.25, -0.2) is 0 Å². The van der Waals surface area contributed by atoms with E-state index in [4.69, 9.17) is 4.74 Å². The molecule has 2 unspecified atom stereocenters. The highest BCUT2D eigenvalue weighted by Gasteiger charge is 2.40. The second kappa shape index (κ2) is 3.04. The van der Waals surface area contributed by atoms with Crippen molar-refractivity contribution in [1.29, 1.82) is 0 Å². The summed E-state index contributed by atoms with van der Waals surface area (Å²) in [6, 6.07) is 0. The fraction of sp³-hybridized carbons (Fsp3) is 0.875. The summed E-state index contributed by atoms with van der Waals surface area (Å²) in [7, 11) is 0. The second-order valence-electron chi connectivity index (χ2n) is 2.99. The van der Waals surface area contributed by atoms with Crippen LogP contribution in [0.1, 0.15) is 26.7 Å². The molecule has 0 N–H and O–H groups in total. The van der Waals surface area contributed by atoms with Crippen molar-refractivity contribution in [2.45, 2.75) is 26.7 Å². The van der Waals surface area contributed by atoms with Gasteiger partial charge in [-0.1, -0.05) is 13.8 Å². The first-order valence-electron chi connectivity index (χ1n) is 3.92. The molecule has 0 amide bonds.